The smallest absolute Gasteiger partial charge is 0.193 e. The van der Waals surface area contributed by atoms with Crippen molar-refractivity contribution in [1.82, 2.24) is 4.90 Å². The summed E-state index contributed by atoms with van der Waals surface area (Å²) in [6.07, 6.45) is 2.24. The van der Waals surface area contributed by atoms with Crippen LogP contribution in [0.2, 0.25) is 0 Å². The fourth-order valence-corrected chi connectivity index (χ4v) is 3.30. The number of nitrogens with zero attached hydrogens (tertiary/aromatic N) is 1. The fourth-order valence-electron chi connectivity index (χ4n) is 3.30. The molecule has 2 unspecified atom stereocenters. The first kappa shape index (κ1) is 21.8. The summed E-state index contributed by atoms with van der Waals surface area (Å²) in [5.74, 6) is 0.595. The minimum Gasteiger partial charge on any atom is -0.489 e. The van der Waals surface area contributed by atoms with Crippen LogP contribution < -0.4 is 16.2 Å². The first-order valence-corrected chi connectivity index (χ1v) is 10.1. The second-order valence-electron chi connectivity index (χ2n) is 7.30. The highest BCUT2D eigenvalue weighted by atomic mass is 16.5. The molecule has 0 spiro atoms. The summed E-state index contributed by atoms with van der Waals surface area (Å²) in [6.45, 7) is 10.8. The molecule has 0 saturated heterocycles. The lowest BCUT2D eigenvalue weighted by molar-refractivity contribution is 0.0869. The Morgan fingerprint density at radius 3 is 2.21 bits per heavy atom. The van der Waals surface area contributed by atoms with Crippen LogP contribution in [0.1, 0.15) is 56.5 Å². The largest absolute Gasteiger partial charge is 0.489 e. The molecule has 28 heavy (non-hydrogen) atoms. The van der Waals surface area contributed by atoms with E-state index < -0.39 is 0 Å². The summed E-state index contributed by atoms with van der Waals surface area (Å²) in [4.78, 5) is 15.3. The number of ether oxygens (including phenoxy) is 1. The molecular weight excluding hydrogens is 350 g/mol. The van der Waals surface area contributed by atoms with Gasteiger partial charge in [-0.1, -0.05) is 26.0 Å². The second kappa shape index (κ2) is 10.1. The number of carbonyl (C=O) groups is 1. The van der Waals surface area contributed by atoms with Gasteiger partial charge in [-0.25, -0.2) is 0 Å². The number of benzene rings is 2. The van der Waals surface area contributed by atoms with Crippen LogP contribution in [-0.4, -0.2) is 35.9 Å². The van der Waals surface area contributed by atoms with E-state index in [9.17, 15) is 4.79 Å². The van der Waals surface area contributed by atoms with E-state index >= 15 is 0 Å². The van der Waals surface area contributed by atoms with E-state index in [1.54, 1.807) is 30.3 Å². The average Bonchev–Trinajstić information content (AvgIpc) is 2.69. The molecule has 0 aromatic heterocycles. The highest BCUT2D eigenvalue weighted by molar-refractivity contribution is 6.10. The van der Waals surface area contributed by atoms with Gasteiger partial charge in [0, 0.05) is 17.2 Å². The van der Waals surface area contributed by atoms with Crippen molar-refractivity contribution in [2.45, 2.75) is 52.7 Å². The van der Waals surface area contributed by atoms with Gasteiger partial charge in [0.15, 0.2) is 5.78 Å². The van der Waals surface area contributed by atoms with Crippen LogP contribution in [0.5, 0.6) is 5.75 Å². The maximum atomic E-state index is 12.8. The third-order valence-electron chi connectivity index (χ3n) is 5.04. The average molecular weight is 384 g/mol. The molecule has 4 N–H and O–H groups in total. The molecule has 0 amide bonds. The first-order chi connectivity index (χ1) is 13.4. The maximum Gasteiger partial charge on any atom is 0.193 e. The van der Waals surface area contributed by atoms with Gasteiger partial charge in [-0.05, 0) is 70.1 Å². The molecule has 0 radical (unpaired) electrons. The lowest BCUT2D eigenvalue weighted by Crippen LogP contribution is -2.43. The van der Waals surface area contributed by atoms with Crippen molar-refractivity contribution in [1.29, 1.82) is 0 Å². The van der Waals surface area contributed by atoms with Gasteiger partial charge >= 0.3 is 0 Å². The Morgan fingerprint density at radius 1 is 0.964 bits per heavy atom. The highest BCUT2D eigenvalue weighted by Crippen LogP contribution is 2.22. The van der Waals surface area contributed by atoms with Crippen molar-refractivity contribution < 1.29 is 9.53 Å². The second-order valence-corrected chi connectivity index (χ2v) is 7.30. The summed E-state index contributed by atoms with van der Waals surface area (Å²) in [6, 6.07) is 12.6. The number of ketones is 1. The van der Waals surface area contributed by atoms with Crippen LogP contribution in [0.15, 0.2) is 42.5 Å². The van der Waals surface area contributed by atoms with Crippen molar-refractivity contribution in [2.75, 3.05) is 24.6 Å². The third-order valence-corrected chi connectivity index (χ3v) is 5.04. The van der Waals surface area contributed by atoms with Crippen molar-refractivity contribution in [3.63, 3.8) is 0 Å². The zero-order chi connectivity index (χ0) is 20.7. The Morgan fingerprint density at radius 2 is 1.61 bits per heavy atom. The molecule has 2 aromatic carbocycles. The molecule has 0 aliphatic carbocycles. The van der Waals surface area contributed by atoms with Gasteiger partial charge in [0.05, 0.1) is 11.4 Å². The van der Waals surface area contributed by atoms with Crippen molar-refractivity contribution in [3.8, 4) is 5.75 Å². The molecule has 2 atom stereocenters. The lowest BCUT2D eigenvalue weighted by atomic mass is 10.0. The number of carbonyl (C=O) groups excluding carboxylic acids is 1. The quantitative estimate of drug-likeness (QED) is 0.470. The van der Waals surface area contributed by atoms with Crippen LogP contribution >= 0.6 is 0 Å². The van der Waals surface area contributed by atoms with Gasteiger partial charge in [-0.3, -0.25) is 9.69 Å². The molecule has 2 rings (SSSR count). The summed E-state index contributed by atoms with van der Waals surface area (Å²) in [7, 11) is 0. The van der Waals surface area contributed by atoms with E-state index in [-0.39, 0.29) is 17.9 Å². The summed E-state index contributed by atoms with van der Waals surface area (Å²) >= 11 is 0. The van der Waals surface area contributed by atoms with E-state index in [1.807, 2.05) is 12.1 Å². The van der Waals surface area contributed by atoms with Crippen LogP contribution in [0, 0.1) is 0 Å². The number of nitrogens with two attached hydrogens (primary N) is 2. The van der Waals surface area contributed by atoms with E-state index in [4.69, 9.17) is 16.2 Å². The monoisotopic (exact) mass is 383 g/mol. The maximum absolute atomic E-state index is 12.8. The number of rotatable bonds is 10. The van der Waals surface area contributed by atoms with Crippen molar-refractivity contribution in [2.24, 2.45) is 0 Å². The predicted molar refractivity (Wildman–Crippen MR) is 117 cm³/mol. The van der Waals surface area contributed by atoms with Gasteiger partial charge < -0.3 is 16.2 Å². The topological polar surface area (TPSA) is 81.6 Å². The Labute approximate surface area is 168 Å². The molecular formula is C23H33N3O2. The zero-order valence-corrected chi connectivity index (χ0v) is 17.4. The van der Waals surface area contributed by atoms with E-state index in [0.717, 1.165) is 25.9 Å². The summed E-state index contributed by atoms with van der Waals surface area (Å²) in [5.41, 5.74) is 13.5. The Kier molecular flexibility index (Phi) is 7.88. The first-order valence-electron chi connectivity index (χ1n) is 10.1. The van der Waals surface area contributed by atoms with E-state index in [2.05, 4.69) is 32.6 Å². The molecule has 0 bridgehead atoms. The van der Waals surface area contributed by atoms with E-state index in [0.29, 0.717) is 28.3 Å². The molecule has 5 nitrogen and oxygen atoms in total. The van der Waals surface area contributed by atoms with Gasteiger partial charge in [-0.15, -0.1) is 0 Å². The number of hydrogen-bond donors (Lipinski definition) is 2. The molecule has 0 fully saturated rings. The molecule has 152 valence electrons. The van der Waals surface area contributed by atoms with Crippen LogP contribution in [0.25, 0.3) is 0 Å². The molecule has 2 aromatic rings. The highest BCUT2D eigenvalue weighted by Gasteiger charge is 2.21. The van der Waals surface area contributed by atoms with Crippen molar-refractivity contribution >= 4 is 17.2 Å². The van der Waals surface area contributed by atoms with Crippen LogP contribution in [-0.2, 0) is 0 Å². The summed E-state index contributed by atoms with van der Waals surface area (Å²) < 4.78 is 6.18. The molecule has 5 heteroatoms. The zero-order valence-electron chi connectivity index (χ0n) is 17.4. The normalized spacial score (nSPS) is 13.3. The van der Waals surface area contributed by atoms with Crippen LogP contribution in [0.4, 0.5) is 11.4 Å². The minimum absolute atomic E-state index is 0.00983. The third kappa shape index (κ3) is 5.49. The molecule has 0 aliphatic rings. The number of anilines is 2. The number of nitrogen functional groups attached to an aromatic ring is 2. The van der Waals surface area contributed by atoms with Crippen LogP contribution in [0.3, 0.4) is 0 Å². The Hall–Kier alpha value is -2.53. The van der Waals surface area contributed by atoms with Crippen molar-refractivity contribution in [3.05, 3.63) is 53.6 Å². The molecule has 0 heterocycles. The van der Waals surface area contributed by atoms with Gasteiger partial charge in [0.1, 0.15) is 11.9 Å². The SMILES string of the molecule is CCCN(CCC)C(C)C(C)Oc1cccc(C(=O)c2ccc(N)c(N)c2)c1. The lowest BCUT2D eigenvalue weighted by Gasteiger charge is -2.33. The van der Waals surface area contributed by atoms with Gasteiger partial charge in [0.2, 0.25) is 0 Å². The Bertz CT molecular complexity index is 785. The van der Waals surface area contributed by atoms with E-state index in [1.165, 1.54) is 0 Å². The number of hydrogen-bond acceptors (Lipinski definition) is 5. The van der Waals surface area contributed by atoms with Gasteiger partial charge in [0.25, 0.3) is 0 Å². The summed E-state index contributed by atoms with van der Waals surface area (Å²) in [5, 5.41) is 0. The minimum atomic E-state index is -0.101. The Balaban J connectivity index is 2.13. The predicted octanol–water partition coefficient (Wildman–Crippen LogP) is 4.36. The molecule has 0 aliphatic heterocycles. The molecule has 0 saturated carbocycles. The van der Waals surface area contributed by atoms with Gasteiger partial charge in [-0.2, -0.15) is 0 Å². The fraction of sp³-hybridized carbons (Fsp3) is 0.435. The standard InChI is InChI=1S/C23H33N3O2/c1-5-12-26(13-6-2)16(3)17(4)28-20-9-7-8-18(14-20)23(27)19-10-11-21(24)22(25)15-19/h7-11,14-17H,5-6,12-13,24-25H2,1-4H3.